The number of nitrogens with zero attached hydrogens (tertiary/aromatic N) is 2. The van der Waals surface area contributed by atoms with E-state index in [0.29, 0.717) is 11.8 Å². The van der Waals surface area contributed by atoms with Gasteiger partial charge in [-0.25, -0.2) is 9.97 Å². The Hall–Kier alpha value is -0.340. The molecule has 0 saturated heterocycles. The second kappa shape index (κ2) is 13.8. The van der Waals surface area contributed by atoms with Gasteiger partial charge in [0.05, 0.1) is 33.9 Å². The molecule has 0 saturated carbocycles. The quantitative estimate of drug-likeness (QED) is 0.426. The van der Waals surface area contributed by atoms with Gasteiger partial charge >= 0.3 is 0 Å². The largest absolute Gasteiger partial charge is 0.286 e. The average Bonchev–Trinajstić information content (AvgIpc) is 3.16. The lowest BCUT2D eigenvalue weighted by molar-refractivity contribution is 0.472. The van der Waals surface area contributed by atoms with E-state index in [1.165, 1.54) is 9.75 Å². The normalized spacial score (nSPS) is 11.2. The highest BCUT2D eigenvalue weighted by atomic mass is 35.5. The smallest absolute Gasteiger partial charge is 0.265 e. The van der Waals surface area contributed by atoms with Gasteiger partial charge in [0.25, 0.3) is 20.2 Å². The maximum absolute atomic E-state index is 9.86. The molecular weight excluding hydrogens is 491 g/mol. The van der Waals surface area contributed by atoms with Crippen LogP contribution in [-0.4, -0.2) is 59.2 Å². The van der Waals surface area contributed by atoms with E-state index in [2.05, 4.69) is 9.97 Å². The molecule has 0 aliphatic carbocycles. The molecule has 14 heteroatoms. The van der Waals surface area contributed by atoms with Gasteiger partial charge in [0, 0.05) is 21.5 Å². The van der Waals surface area contributed by atoms with E-state index in [0.717, 1.165) is 24.2 Å². The fourth-order valence-electron chi connectivity index (χ4n) is 1.51. The summed E-state index contributed by atoms with van der Waals surface area (Å²) in [5, 5.41) is 0. The van der Waals surface area contributed by atoms with Crippen LogP contribution in [0.5, 0.6) is 0 Å². The van der Waals surface area contributed by atoms with Crippen LogP contribution in [0.3, 0.4) is 0 Å². The van der Waals surface area contributed by atoms with E-state index in [9.17, 15) is 16.8 Å². The van der Waals surface area contributed by atoms with Gasteiger partial charge in [0.1, 0.15) is 0 Å². The fraction of sp³-hybridized carbons (Fsp3) is 0.571. The molecule has 2 rings (SSSR count). The molecule has 0 aromatic carbocycles. The third-order valence-electron chi connectivity index (χ3n) is 2.93. The molecule has 162 valence electrons. The fourth-order valence-corrected chi connectivity index (χ4v) is 5.36. The summed E-state index contributed by atoms with van der Waals surface area (Å²) in [7, 11) is -8.59. The Morgan fingerprint density at radius 2 is 1.14 bits per heavy atom. The molecule has 0 aliphatic heterocycles. The first-order valence-corrected chi connectivity index (χ1v) is 13.7. The highest BCUT2D eigenvalue weighted by Crippen LogP contribution is 2.13. The Kier molecular flexibility index (Phi) is 13.6. The van der Waals surface area contributed by atoms with Gasteiger partial charge in [0.2, 0.25) is 0 Å². The van der Waals surface area contributed by atoms with Crippen LogP contribution in [0.15, 0.2) is 11.0 Å². The van der Waals surface area contributed by atoms with E-state index >= 15 is 0 Å². The Bertz CT molecular complexity index is 822. The molecule has 0 spiro atoms. The van der Waals surface area contributed by atoms with Crippen molar-refractivity contribution in [1.29, 1.82) is 0 Å². The summed E-state index contributed by atoms with van der Waals surface area (Å²) in [5.41, 5.74) is 5.97. The van der Waals surface area contributed by atoms with Crippen LogP contribution in [0.25, 0.3) is 0 Å². The monoisotopic (exact) mass is 512 g/mol. The van der Waals surface area contributed by atoms with E-state index in [1.54, 1.807) is 22.7 Å². The SMILES string of the molecule is Cc1ncsc1CCCl.Cc1ncsc1CCCl.O=S(=O)(O)CCS(=O)(=O)O. The highest BCUT2D eigenvalue weighted by Gasteiger charge is 2.11. The van der Waals surface area contributed by atoms with Crippen molar-refractivity contribution in [3.8, 4) is 0 Å². The number of hydrogen-bond acceptors (Lipinski definition) is 8. The lowest BCUT2D eigenvalue weighted by Crippen LogP contribution is -2.15. The summed E-state index contributed by atoms with van der Waals surface area (Å²) in [6, 6.07) is 0. The summed E-state index contributed by atoms with van der Waals surface area (Å²) < 4.78 is 55.4. The summed E-state index contributed by atoms with van der Waals surface area (Å²) in [6.45, 7) is 4.02. The molecule has 0 atom stereocenters. The molecule has 2 aromatic heterocycles. The average molecular weight is 514 g/mol. The number of aromatic nitrogens is 2. The lowest BCUT2D eigenvalue weighted by atomic mass is 10.3. The predicted molar refractivity (Wildman–Crippen MR) is 115 cm³/mol. The van der Waals surface area contributed by atoms with Crippen LogP contribution >= 0.6 is 45.9 Å². The number of aryl methyl sites for hydroxylation is 4. The summed E-state index contributed by atoms with van der Waals surface area (Å²) in [4.78, 5) is 10.8. The van der Waals surface area contributed by atoms with Gasteiger partial charge in [-0.3, -0.25) is 9.11 Å². The predicted octanol–water partition coefficient (Wildman–Crippen LogP) is 3.23. The summed E-state index contributed by atoms with van der Waals surface area (Å²) in [6.07, 6.45) is 1.91. The van der Waals surface area contributed by atoms with Crippen molar-refractivity contribution in [1.82, 2.24) is 9.97 Å². The minimum Gasteiger partial charge on any atom is -0.286 e. The first kappa shape index (κ1) is 27.7. The number of thiazole rings is 2. The zero-order chi connectivity index (χ0) is 21.8. The number of rotatable bonds is 7. The number of halogens is 2. The Balaban J connectivity index is 0.000000391. The first-order valence-electron chi connectivity index (χ1n) is 7.69. The van der Waals surface area contributed by atoms with Gasteiger partial charge in [-0.05, 0) is 26.7 Å². The molecule has 0 radical (unpaired) electrons. The molecule has 2 aromatic rings. The van der Waals surface area contributed by atoms with Crippen molar-refractivity contribution >= 4 is 66.1 Å². The van der Waals surface area contributed by atoms with Crippen molar-refractivity contribution in [3.63, 3.8) is 0 Å². The highest BCUT2D eigenvalue weighted by molar-refractivity contribution is 7.89. The van der Waals surface area contributed by atoms with E-state index < -0.39 is 31.7 Å². The van der Waals surface area contributed by atoms with Crippen molar-refractivity contribution < 1.29 is 25.9 Å². The number of hydrogen-bond donors (Lipinski definition) is 2. The standard InChI is InChI=1S/2C6H8ClNS.C2H6O6S2/c2*1-5-6(2-3-7)9-4-8-5;3-9(4,5)1-2-10(6,7)8/h2*4H,2-3H2,1H3;1-2H2,(H,3,4,5)(H,6,7,8). The lowest BCUT2D eigenvalue weighted by Gasteiger charge is -1.92. The van der Waals surface area contributed by atoms with Crippen molar-refractivity contribution in [2.45, 2.75) is 26.7 Å². The maximum Gasteiger partial charge on any atom is 0.265 e. The molecule has 0 bridgehead atoms. The number of alkyl halides is 2. The van der Waals surface area contributed by atoms with Crippen molar-refractivity contribution in [2.24, 2.45) is 0 Å². The topological polar surface area (TPSA) is 135 Å². The van der Waals surface area contributed by atoms with Gasteiger partial charge < -0.3 is 0 Å². The first-order chi connectivity index (χ1) is 12.9. The van der Waals surface area contributed by atoms with E-state index in [-0.39, 0.29) is 0 Å². The molecule has 8 nitrogen and oxygen atoms in total. The molecule has 0 fully saturated rings. The van der Waals surface area contributed by atoms with Crippen molar-refractivity contribution in [2.75, 3.05) is 23.3 Å². The minimum absolute atomic E-state index is 0.697. The third-order valence-corrected chi connectivity index (χ3v) is 7.00. The second-order valence-corrected chi connectivity index (χ2v) is 11.0. The minimum atomic E-state index is -4.30. The second-order valence-electron chi connectivity index (χ2n) is 5.17. The Morgan fingerprint density at radius 1 is 0.821 bits per heavy atom. The van der Waals surface area contributed by atoms with Crippen LogP contribution < -0.4 is 0 Å². The Morgan fingerprint density at radius 3 is 1.32 bits per heavy atom. The van der Waals surface area contributed by atoms with Crippen LogP contribution in [-0.2, 0) is 33.1 Å². The molecule has 0 amide bonds. The van der Waals surface area contributed by atoms with Crippen LogP contribution in [0.1, 0.15) is 21.1 Å². The van der Waals surface area contributed by atoms with E-state index in [4.69, 9.17) is 32.3 Å². The zero-order valence-corrected chi connectivity index (χ0v) is 20.0. The van der Waals surface area contributed by atoms with Gasteiger partial charge in [-0.2, -0.15) is 16.8 Å². The van der Waals surface area contributed by atoms with Gasteiger partial charge in [-0.1, -0.05) is 0 Å². The summed E-state index contributed by atoms with van der Waals surface area (Å²) >= 11 is 14.4. The summed E-state index contributed by atoms with van der Waals surface area (Å²) in [5.74, 6) is -0.566. The molecule has 0 unspecified atom stereocenters. The zero-order valence-electron chi connectivity index (χ0n) is 15.2. The van der Waals surface area contributed by atoms with Crippen LogP contribution in [0, 0.1) is 13.8 Å². The van der Waals surface area contributed by atoms with Crippen LogP contribution in [0.2, 0.25) is 0 Å². The Labute approximate surface area is 183 Å². The maximum atomic E-state index is 9.86. The third kappa shape index (κ3) is 14.6. The van der Waals surface area contributed by atoms with Crippen molar-refractivity contribution in [3.05, 3.63) is 32.2 Å². The molecular formula is C14H22Cl2N2O6S4. The van der Waals surface area contributed by atoms with E-state index in [1.807, 2.05) is 24.9 Å². The molecule has 28 heavy (non-hydrogen) atoms. The van der Waals surface area contributed by atoms with Crippen LogP contribution in [0.4, 0.5) is 0 Å². The molecule has 0 aliphatic rings. The van der Waals surface area contributed by atoms with Gasteiger partial charge in [-0.15, -0.1) is 45.9 Å². The molecule has 2 heterocycles. The van der Waals surface area contributed by atoms with Gasteiger partial charge in [0.15, 0.2) is 0 Å². The molecule has 2 N–H and O–H groups in total.